The van der Waals surface area contributed by atoms with E-state index >= 15 is 0 Å². The molecule has 0 N–H and O–H groups in total. The molecule has 1 rings (SSSR count). The van der Waals surface area contributed by atoms with Gasteiger partial charge in [-0.25, -0.2) is 0 Å². The van der Waals surface area contributed by atoms with E-state index in [4.69, 9.17) is 14.2 Å². The smallest absolute Gasteiger partial charge is 0.191 e. The summed E-state index contributed by atoms with van der Waals surface area (Å²) >= 11 is 0. The zero-order valence-corrected chi connectivity index (χ0v) is 14.7. The molecule has 3 nitrogen and oxygen atoms in total. The van der Waals surface area contributed by atoms with Crippen molar-refractivity contribution in [2.45, 2.75) is 65.6 Å². The van der Waals surface area contributed by atoms with Crippen LogP contribution in [-0.4, -0.2) is 20.2 Å². The van der Waals surface area contributed by atoms with Crippen molar-refractivity contribution in [1.82, 2.24) is 0 Å². The van der Waals surface area contributed by atoms with Gasteiger partial charge in [-0.15, -0.1) is 0 Å². The molecular formula is C18H30O3. The fourth-order valence-corrected chi connectivity index (χ4v) is 2.13. The lowest BCUT2D eigenvalue weighted by atomic mass is 9.79. The molecule has 21 heavy (non-hydrogen) atoms. The third-order valence-electron chi connectivity index (χ3n) is 3.47. The van der Waals surface area contributed by atoms with E-state index in [0.717, 1.165) is 5.75 Å². The molecule has 3 heteroatoms. The average Bonchev–Trinajstić information content (AvgIpc) is 2.36. The lowest BCUT2D eigenvalue weighted by Gasteiger charge is -2.29. The van der Waals surface area contributed by atoms with Crippen molar-refractivity contribution >= 4 is 0 Å². The summed E-state index contributed by atoms with van der Waals surface area (Å²) in [4.78, 5) is 0. The van der Waals surface area contributed by atoms with Gasteiger partial charge in [0.05, 0.1) is 0 Å². The quantitative estimate of drug-likeness (QED) is 0.741. The standard InChI is InChI=1S/C18H30O3/c1-13(19-8)20-12-21-16-14(17(2,3)4)10-9-11-15(16)18(5,6)7/h9-11,13H,12H2,1-8H3. The molecular weight excluding hydrogens is 264 g/mol. The zero-order valence-electron chi connectivity index (χ0n) is 14.7. The summed E-state index contributed by atoms with van der Waals surface area (Å²) in [5, 5.41) is 0. The highest BCUT2D eigenvalue weighted by molar-refractivity contribution is 5.48. The van der Waals surface area contributed by atoms with Crippen molar-refractivity contribution < 1.29 is 14.2 Å². The highest BCUT2D eigenvalue weighted by atomic mass is 16.7. The van der Waals surface area contributed by atoms with Gasteiger partial charge in [0.15, 0.2) is 13.1 Å². The fourth-order valence-electron chi connectivity index (χ4n) is 2.13. The van der Waals surface area contributed by atoms with Gasteiger partial charge in [0, 0.05) is 7.11 Å². The van der Waals surface area contributed by atoms with Gasteiger partial charge in [0.25, 0.3) is 0 Å². The minimum Gasteiger partial charge on any atom is -0.467 e. The van der Waals surface area contributed by atoms with Gasteiger partial charge in [-0.2, -0.15) is 0 Å². The molecule has 1 aromatic rings. The number of hydrogen-bond acceptors (Lipinski definition) is 3. The van der Waals surface area contributed by atoms with Gasteiger partial charge >= 0.3 is 0 Å². The van der Waals surface area contributed by atoms with Gasteiger partial charge in [-0.05, 0) is 28.9 Å². The SMILES string of the molecule is COC(C)OCOc1c(C(C)(C)C)cccc1C(C)(C)C. The molecule has 0 aliphatic carbocycles. The number of rotatable bonds is 5. The van der Waals surface area contributed by atoms with Crippen LogP contribution < -0.4 is 4.74 Å². The second kappa shape index (κ2) is 6.80. The van der Waals surface area contributed by atoms with Gasteiger partial charge in [0.2, 0.25) is 0 Å². The van der Waals surface area contributed by atoms with Gasteiger partial charge < -0.3 is 14.2 Å². The van der Waals surface area contributed by atoms with Crippen LogP contribution in [-0.2, 0) is 20.3 Å². The molecule has 0 radical (unpaired) electrons. The Labute approximate surface area is 129 Å². The number of hydrogen-bond donors (Lipinski definition) is 0. The Morgan fingerprint density at radius 1 is 0.952 bits per heavy atom. The largest absolute Gasteiger partial charge is 0.467 e. The minimum atomic E-state index is -0.273. The second-order valence-electron chi connectivity index (χ2n) is 7.41. The first-order valence-corrected chi connectivity index (χ1v) is 7.48. The van der Waals surface area contributed by atoms with Crippen molar-refractivity contribution in [3.8, 4) is 5.75 Å². The van der Waals surface area contributed by atoms with E-state index in [1.807, 2.05) is 6.92 Å². The van der Waals surface area contributed by atoms with Crippen molar-refractivity contribution in [2.24, 2.45) is 0 Å². The highest BCUT2D eigenvalue weighted by Gasteiger charge is 2.26. The Hall–Kier alpha value is -1.06. The van der Waals surface area contributed by atoms with Crippen molar-refractivity contribution in [1.29, 1.82) is 0 Å². The number of methoxy groups -OCH3 is 1. The van der Waals surface area contributed by atoms with Crippen LogP contribution in [0.25, 0.3) is 0 Å². The molecule has 0 aliphatic rings. The maximum atomic E-state index is 5.99. The molecule has 0 aromatic heterocycles. The molecule has 1 unspecified atom stereocenters. The van der Waals surface area contributed by atoms with Crippen LogP contribution in [0.3, 0.4) is 0 Å². The molecule has 0 fully saturated rings. The lowest BCUT2D eigenvalue weighted by molar-refractivity contribution is -0.150. The Bertz CT molecular complexity index is 420. The van der Waals surface area contributed by atoms with E-state index in [2.05, 4.69) is 59.7 Å². The molecule has 0 aliphatic heterocycles. The molecule has 0 amide bonds. The van der Waals surface area contributed by atoms with E-state index in [0.29, 0.717) is 0 Å². The summed E-state index contributed by atoms with van der Waals surface area (Å²) in [5.41, 5.74) is 2.43. The molecule has 1 atom stereocenters. The van der Waals surface area contributed by atoms with Crippen molar-refractivity contribution in [3.05, 3.63) is 29.3 Å². The summed E-state index contributed by atoms with van der Waals surface area (Å²) in [6.45, 7) is 15.2. The summed E-state index contributed by atoms with van der Waals surface area (Å²) in [6.07, 6.45) is -0.273. The lowest BCUT2D eigenvalue weighted by Crippen LogP contribution is -2.21. The summed E-state index contributed by atoms with van der Waals surface area (Å²) in [7, 11) is 1.62. The van der Waals surface area contributed by atoms with Gasteiger partial charge in [0.1, 0.15) is 5.75 Å². The average molecular weight is 294 g/mol. The second-order valence-corrected chi connectivity index (χ2v) is 7.41. The molecule has 120 valence electrons. The maximum Gasteiger partial charge on any atom is 0.191 e. The Morgan fingerprint density at radius 2 is 1.43 bits per heavy atom. The molecule has 0 bridgehead atoms. The molecule has 0 saturated carbocycles. The van der Waals surface area contributed by atoms with Crippen molar-refractivity contribution in [2.75, 3.05) is 13.9 Å². The third-order valence-corrected chi connectivity index (χ3v) is 3.47. The van der Waals surface area contributed by atoms with Crippen LogP contribution in [0.4, 0.5) is 0 Å². The fraction of sp³-hybridized carbons (Fsp3) is 0.667. The number of ether oxygens (including phenoxy) is 3. The van der Waals surface area contributed by atoms with Crippen LogP contribution in [0.1, 0.15) is 59.6 Å². The normalized spacial score (nSPS) is 14.1. The Kier molecular flexibility index (Phi) is 5.83. The highest BCUT2D eigenvalue weighted by Crippen LogP contribution is 2.39. The first-order chi connectivity index (χ1) is 9.57. The predicted molar refractivity (Wildman–Crippen MR) is 86.9 cm³/mol. The zero-order chi connectivity index (χ0) is 16.3. The number of para-hydroxylation sites is 1. The Morgan fingerprint density at radius 3 is 1.81 bits per heavy atom. The van der Waals surface area contributed by atoms with Gasteiger partial charge in [-0.3, -0.25) is 0 Å². The minimum absolute atomic E-state index is 0.0173. The summed E-state index contributed by atoms with van der Waals surface area (Å²) < 4.78 is 16.6. The van der Waals surface area contributed by atoms with Gasteiger partial charge in [-0.1, -0.05) is 59.7 Å². The van der Waals surface area contributed by atoms with Crippen LogP contribution in [0, 0.1) is 0 Å². The molecule has 1 aromatic carbocycles. The van der Waals surface area contributed by atoms with E-state index in [1.165, 1.54) is 11.1 Å². The van der Waals surface area contributed by atoms with E-state index in [1.54, 1.807) is 7.11 Å². The first kappa shape index (κ1) is 18.0. The van der Waals surface area contributed by atoms with Crippen LogP contribution >= 0.6 is 0 Å². The van der Waals surface area contributed by atoms with Crippen LogP contribution in [0.15, 0.2) is 18.2 Å². The summed E-state index contributed by atoms with van der Waals surface area (Å²) in [6, 6.07) is 6.36. The molecule has 0 saturated heterocycles. The first-order valence-electron chi connectivity index (χ1n) is 7.48. The summed E-state index contributed by atoms with van der Waals surface area (Å²) in [5.74, 6) is 0.931. The molecule has 0 heterocycles. The maximum absolute atomic E-state index is 5.99. The van der Waals surface area contributed by atoms with E-state index in [-0.39, 0.29) is 23.9 Å². The van der Waals surface area contributed by atoms with Crippen molar-refractivity contribution in [3.63, 3.8) is 0 Å². The number of benzene rings is 1. The Balaban J connectivity index is 3.12. The van der Waals surface area contributed by atoms with Crippen LogP contribution in [0.5, 0.6) is 5.75 Å². The van der Waals surface area contributed by atoms with E-state index in [9.17, 15) is 0 Å². The predicted octanol–water partition coefficient (Wildman–Crippen LogP) is 4.63. The monoisotopic (exact) mass is 294 g/mol. The topological polar surface area (TPSA) is 27.7 Å². The third kappa shape index (κ3) is 5.01. The van der Waals surface area contributed by atoms with Crippen LogP contribution in [0.2, 0.25) is 0 Å². The molecule has 0 spiro atoms. The van der Waals surface area contributed by atoms with E-state index < -0.39 is 0 Å².